The van der Waals surface area contributed by atoms with Crippen LogP contribution in [0, 0.1) is 0 Å². The third kappa shape index (κ3) is 3.06. The first-order valence-corrected chi connectivity index (χ1v) is 10.0. The Kier molecular flexibility index (Phi) is 4.50. The number of fused-ring (bicyclic) bond motifs is 3. The predicted octanol–water partition coefficient (Wildman–Crippen LogP) is 5.31. The van der Waals surface area contributed by atoms with Gasteiger partial charge in [-0.2, -0.15) is 0 Å². The molecule has 3 heterocycles. The molecule has 1 atom stereocenters. The quantitative estimate of drug-likeness (QED) is 0.622. The van der Waals surface area contributed by atoms with Crippen molar-refractivity contribution in [3.8, 4) is 0 Å². The number of thiophene rings is 1. The van der Waals surface area contributed by atoms with Crippen molar-refractivity contribution in [1.82, 2.24) is 9.97 Å². The normalized spacial score (nSPS) is 15.3. The van der Waals surface area contributed by atoms with Gasteiger partial charge in [0.15, 0.2) is 0 Å². The average Bonchev–Trinajstić information content (AvgIpc) is 3.27. The highest BCUT2D eigenvalue weighted by Gasteiger charge is 2.24. The van der Waals surface area contributed by atoms with Gasteiger partial charge in [-0.1, -0.05) is 13.8 Å². The number of nitrogens with zero attached hydrogens (tertiary/aromatic N) is 3. The van der Waals surface area contributed by atoms with E-state index in [1.807, 2.05) is 23.5 Å². The first kappa shape index (κ1) is 16.6. The number of rotatable bonds is 5. The van der Waals surface area contributed by atoms with E-state index in [1.54, 1.807) is 6.26 Å². The van der Waals surface area contributed by atoms with Crippen LogP contribution in [0.4, 0.5) is 5.82 Å². The zero-order valence-corrected chi connectivity index (χ0v) is 16.0. The fourth-order valence-corrected chi connectivity index (χ4v) is 4.81. The second-order valence-electron chi connectivity index (χ2n) is 7.04. The van der Waals surface area contributed by atoms with E-state index in [0.29, 0.717) is 5.92 Å². The summed E-state index contributed by atoms with van der Waals surface area (Å²) >= 11 is 1.88. The lowest BCUT2D eigenvalue weighted by molar-refractivity contribution is 0.507. The molecular weight excluding hydrogens is 330 g/mol. The molecule has 0 aliphatic heterocycles. The number of anilines is 1. The van der Waals surface area contributed by atoms with Gasteiger partial charge in [-0.15, -0.1) is 11.3 Å². The second kappa shape index (κ2) is 6.79. The number of aryl methyl sites for hydroxylation is 2. The minimum absolute atomic E-state index is 0.374. The van der Waals surface area contributed by atoms with Crippen LogP contribution >= 0.6 is 11.3 Å². The molecule has 4 nitrogen and oxygen atoms in total. The molecule has 1 aliphatic carbocycles. The molecule has 0 spiro atoms. The lowest BCUT2D eigenvalue weighted by atomic mass is 9.96. The molecule has 0 amide bonds. The Bertz CT molecular complexity index is 869. The van der Waals surface area contributed by atoms with Crippen molar-refractivity contribution < 1.29 is 4.42 Å². The monoisotopic (exact) mass is 355 g/mol. The fourth-order valence-electron chi connectivity index (χ4n) is 3.54. The number of hydrogen-bond donors (Lipinski definition) is 0. The van der Waals surface area contributed by atoms with E-state index < -0.39 is 0 Å². The van der Waals surface area contributed by atoms with E-state index in [2.05, 4.69) is 25.8 Å². The van der Waals surface area contributed by atoms with Gasteiger partial charge in [0.2, 0.25) is 0 Å². The molecule has 0 saturated carbocycles. The van der Waals surface area contributed by atoms with Crippen LogP contribution in [0.5, 0.6) is 0 Å². The van der Waals surface area contributed by atoms with Crippen LogP contribution in [0.25, 0.3) is 10.2 Å². The summed E-state index contributed by atoms with van der Waals surface area (Å²) < 4.78 is 5.55. The fraction of sp³-hybridized carbons (Fsp3) is 0.500. The maximum atomic E-state index is 5.55. The van der Waals surface area contributed by atoms with Crippen LogP contribution in [0.2, 0.25) is 0 Å². The third-order valence-corrected chi connectivity index (χ3v) is 6.39. The van der Waals surface area contributed by atoms with Gasteiger partial charge in [-0.3, -0.25) is 0 Å². The molecule has 3 aromatic heterocycles. The first-order chi connectivity index (χ1) is 12.2. The molecule has 0 fully saturated rings. The highest BCUT2D eigenvalue weighted by atomic mass is 32.1. The smallest absolute Gasteiger partial charge is 0.141 e. The van der Waals surface area contributed by atoms with Crippen molar-refractivity contribution >= 4 is 27.4 Å². The summed E-state index contributed by atoms with van der Waals surface area (Å²) in [6.45, 7) is 5.14. The molecular formula is C20H25N3OS. The van der Waals surface area contributed by atoms with Crippen molar-refractivity contribution in [2.75, 3.05) is 11.9 Å². The average molecular weight is 356 g/mol. The minimum Gasteiger partial charge on any atom is -0.467 e. The van der Waals surface area contributed by atoms with Gasteiger partial charge in [0, 0.05) is 17.8 Å². The van der Waals surface area contributed by atoms with E-state index in [9.17, 15) is 0 Å². The van der Waals surface area contributed by atoms with Crippen LogP contribution in [-0.2, 0) is 19.4 Å². The van der Waals surface area contributed by atoms with Crippen LogP contribution < -0.4 is 4.90 Å². The lowest BCUT2D eigenvalue weighted by Gasteiger charge is -2.21. The third-order valence-electron chi connectivity index (χ3n) is 5.20. The Labute approximate surface area is 152 Å². The topological polar surface area (TPSA) is 42.2 Å². The number of aromatic nitrogens is 2. The molecule has 5 heteroatoms. The number of furan rings is 1. The summed E-state index contributed by atoms with van der Waals surface area (Å²) in [7, 11) is 2.11. The molecule has 1 aliphatic rings. The molecule has 0 aromatic carbocycles. The van der Waals surface area contributed by atoms with Gasteiger partial charge in [0.1, 0.15) is 22.2 Å². The molecule has 0 N–H and O–H groups in total. The molecule has 3 aromatic rings. The zero-order valence-electron chi connectivity index (χ0n) is 15.2. The first-order valence-electron chi connectivity index (χ1n) is 9.23. The summed E-state index contributed by atoms with van der Waals surface area (Å²) in [6.07, 6.45) is 7.70. The van der Waals surface area contributed by atoms with Crippen molar-refractivity contribution in [2.45, 2.75) is 58.4 Å². The Morgan fingerprint density at radius 2 is 2.12 bits per heavy atom. The van der Waals surface area contributed by atoms with Crippen molar-refractivity contribution in [3.63, 3.8) is 0 Å². The van der Waals surface area contributed by atoms with Gasteiger partial charge in [-0.05, 0) is 49.8 Å². The Balaban J connectivity index is 1.85. The van der Waals surface area contributed by atoms with Gasteiger partial charge < -0.3 is 9.32 Å². The molecule has 25 heavy (non-hydrogen) atoms. The molecule has 0 bridgehead atoms. The van der Waals surface area contributed by atoms with Crippen molar-refractivity contribution in [3.05, 3.63) is 40.4 Å². The Morgan fingerprint density at radius 3 is 2.88 bits per heavy atom. The zero-order chi connectivity index (χ0) is 17.4. The Hall–Kier alpha value is -1.88. The SMILES string of the molecule is CC[C@@H](C)c1nc(N(C)Cc2ccco2)c2c3c(sc2n1)CCCC3. The van der Waals surface area contributed by atoms with Crippen LogP contribution in [0.1, 0.15) is 61.1 Å². The summed E-state index contributed by atoms with van der Waals surface area (Å²) in [5, 5.41) is 1.28. The van der Waals surface area contributed by atoms with Gasteiger partial charge >= 0.3 is 0 Å². The highest BCUT2D eigenvalue weighted by Crippen LogP contribution is 2.40. The second-order valence-corrected chi connectivity index (χ2v) is 8.12. The van der Waals surface area contributed by atoms with Crippen molar-refractivity contribution in [1.29, 1.82) is 0 Å². The van der Waals surface area contributed by atoms with E-state index in [1.165, 1.54) is 39.9 Å². The van der Waals surface area contributed by atoms with Gasteiger partial charge in [0.25, 0.3) is 0 Å². The molecule has 0 radical (unpaired) electrons. The highest BCUT2D eigenvalue weighted by molar-refractivity contribution is 7.19. The van der Waals surface area contributed by atoms with E-state index in [-0.39, 0.29) is 0 Å². The summed E-state index contributed by atoms with van der Waals surface area (Å²) in [6, 6.07) is 3.96. The van der Waals surface area contributed by atoms with Crippen LogP contribution in [0.15, 0.2) is 22.8 Å². The van der Waals surface area contributed by atoms with Gasteiger partial charge in [-0.25, -0.2) is 9.97 Å². The largest absolute Gasteiger partial charge is 0.467 e. The number of hydrogen-bond acceptors (Lipinski definition) is 5. The molecule has 0 saturated heterocycles. The van der Waals surface area contributed by atoms with E-state index in [0.717, 1.165) is 36.8 Å². The minimum atomic E-state index is 0.374. The van der Waals surface area contributed by atoms with Crippen LogP contribution in [0.3, 0.4) is 0 Å². The standard InChI is InChI=1S/C20H25N3OS/c1-4-13(2)18-21-19(23(3)12-14-8-7-11-24-14)17-15-9-5-6-10-16(15)25-20(17)22-18/h7-8,11,13H,4-6,9-10,12H2,1-3H3/t13-/m1/s1. The van der Waals surface area contributed by atoms with Gasteiger partial charge in [0.05, 0.1) is 18.2 Å². The van der Waals surface area contributed by atoms with E-state index >= 15 is 0 Å². The molecule has 0 unspecified atom stereocenters. The van der Waals surface area contributed by atoms with Crippen LogP contribution in [-0.4, -0.2) is 17.0 Å². The summed E-state index contributed by atoms with van der Waals surface area (Å²) in [5.74, 6) is 3.37. The molecule has 132 valence electrons. The maximum Gasteiger partial charge on any atom is 0.141 e. The predicted molar refractivity (Wildman–Crippen MR) is 104 cm³/mol. The molecule has 4 rings (SSSR count). The Morgan fingerprint density at radius 1 is 1.28 bits per heavy atom. The summed E-state index contributed by atoms with van der Waals surface area (Å²) in [5.41, 5.74) is 1.49. The van der Waals surface area contributed by atoms with Crippen molar-refractivity contribution in [2.24, 2.45) is 0 Å². The maximum absolute atomic E-state index is 5.55. The summed E-state index contributed by atoms with van der Waals surface area (Å²) in [4.78, 5) is 14.9. The van der Waals surface area contributed by atoms with E-state index in [4.69, 9.17) is 14.4 Å². The lowest BCUT2D eigenvalue weighted by Crippen LogP contribution is -2.19.